The molecule has 0 unspecified atom stereocenters. The van der Waals surface area contributed by atoms with Gasteiger partial charge in [0.05, 0.1) is 0 Å². The average Bonchev–Trinajstić information content (AvgIpc) is 2.27. The molecule has 0 aliphatic carbocycles. The highest BCUT2D eigenvalue weighted by Gasteiger charge is 2.08. The minimum absolute atomic E-state index is 0. The molecule has 0 fully saturated rings. The summed E-state index contributed by atoms with van der Waals surface area (Å²) in [6, 6.07) is 5.20. The van der Waals surface area contributed by atoms with Gasteiger partial charge < -0.3 is 16.4 Å². The number of anilines is 1. The number of carbonyl (C=O) groups is 2. The van der Waals surface area contributed by atoms with Gasteiger partial charge in [0, 0.05) is 31.3 Å². The summed E-state index contributed by atoms with van der Waals surface area (Å²) in [5, 5.41) is 5.31. The number of halogens is 1. The highest BCUT2D eigenvalue weighted by atomic mass is 35.5. The smallest absolute Gasteiger partial charge is 0.251 e. The number of carbonyl (C=O) groups excluding carboxylic acids is 2. The molecule has 0 saturated heterocycles. The fraction of sp³-hybridized carbons (Fsp3) is 0.333. The SMILES string of the molecule is CC(=O)NCCNC(=O)c1cc(N)ccc1C.Cl. The number of hydrogen-bond acceptors (Lipinski definition) is 3. The predicted octanol–water partition coefficient (Wildman–Crippen LogP) is 0.865. The molecule has 5 nitrogen and oxygen atoms in total. The Kier molecular flexibility index (Phi) is 6.82. The Hall–Kier alpha value is -1.75. The van der Waals surface area contributed by atoms with Crippen molar-refractivity contribution in [3.63, 3.8) is 0 Å². The molecule has 0 aliphatic heterocycles. The lowest BCUT2D eigenvalue weighted by Gasteiger charge is -2.08. The Morgan fingerprint density at radius 3 is 2.44 bits per heavy atom. The molecule has 0 bridgehead atoms. The molecule has 0 saturated carbocycles. The van der Waals surface area contributed by atoms with Crippen molar-refractivity contribution >= 4 is 29.9 Å². The Balaban J connectivity index is 0.00000289. The second-order valence-corrected chi connectivity index (χ2v) is 3.81. The third-order valence-corrected chi connectivity index (χ3v) is 2.29. The van der Waals surface area contributed by atoms with E-state index in [0.717, 1.165) is 5.56 Å². The summed E-state index contributed by atoms with van der Waals surface area (Å²) in [5.74, 6) is -0.292. The van der Waals surface area contributed by atoms with E-state index in [1.54, 1.807) is 18.2 Å². The Morgan fingerprint density at radius 1 is 1.22 bits per heavy atom. The van der Waals surface area contributed by atoms with E-state index in [1.165, 1.54) is 6.92 Å². The van der Waals surface area contributed by atoms with Gasteiger partial charge in [0.1, 0.15) is 0 Å². The zero-order valence-electron chi connectivity index (χ0n) is 10.4. The van der Waals surface area contributed by atoms with Crippen LogP contribution in [0.1, 0.15) is 22.8 Å². The van der Waals surface area contributed by atoms with E-state index in [-0.39, 0.29) is 24.2 Å². The van der Waals surface area contributed by atoms with Crippen LogP contribution in [-0.2, 0) is 4.79 Å². The minimum atomic E-state index is -0.180. The van der Waals surface area contributed by atoms with Gasteiger partial charge in [0.25, 0.3) is 5.91 Å². The third-order valence-electron chi connectivity index (χ3n) is 2.29. The Morgan fingerprint density at radius 2 is 1.83 bits per heavy atom. The molecule has 100 valence electrons. The summed E-state index contributed by atoms with van der Waals surface area (Å²) in [5.41, 5.74) is 7.62. The lowest BCUT2D eigenvalue weighted by atomic mass is 10.1. The van der Waals surface area contributed by atoms with Crippen molar-refractivity contribution in [2.45, 2.75) is 13.8 Å². The highest BCUT2D eigenvalue weighted by Crippen LogP contribution is 2.12. The molecule has 1 aromatic carbocycles. The van der Waals surface area contributed by atoms with Crippen molar-refractivity contribution in [2.24, 2.45) is 0 Å². The van der Waals surface area contributed by atoms with E-state index in [1.807, 2.05) is 6.92 Å². The summed E-state index contributed by atoms with van der Waals surface area (Å²) in [6.45, 7) is 4.10. The zero-order valence-corrected chi connectivity index (χ0v) is 11.3. The van der Waals surface area contributed by atoms with Crippen LogP contribution >= 0.6 is 12.4 Å². The first-order valence-electron chi connectivity index (χ1n) is 5.39. The quantitative estimate of drug-likeness (QED) is 0.561. The van der Waals surface area contributed by atoms with Crippen LogP contribution in [0.15, 0.2) is 18.2 Å². The molecule has 0 heterocycles. The second kappa shape index (κ2) is 7.55. The number of nitrogen functional groups attached to an aromatic ring is 1. The van der Waals surface area contributed by atoms with Gasteiger partial charge in [-0.1, -0.05) is 6.07 Å². The first kappa shape index (κ1) is 16.2. The molecule has 2 amide bonds. The van der Waals surface area contributed by atoms with E-state index >= 15 is 0 Å². The number of rotatable bonds is 4. The van der Waals surface area contributed by atoms with Crippen molar-refractivity contribution in [3.8, 4) is 0 Å². The van der Waals surface area contributed by atoms with E-state index in [4.69, 9.17) is 5.73 Å². The molecule has 6 heteroatoms. The van der Waals surface area contributed by atoms with Gasteiger partial charge in [0.15, 0.2) is 0 Å². The van der Waals surface area contributed by atoms with E-state index in [0.29, 0.717) is 24.3 Å². The van der Waals surface area contributed by atoms with Crippen molar-refractivity contribution < 1.29 is 9.59 Å². The van der Waals surface area contributed by atoms with Crippen LogP contribution in [0, 0.1) is 6.92 Å². The van der Waals surface area contributed by atoms with Crippen LogP contribution in [0.3, 0.4) is 0 Å². The van der Waals surface area contributed by atoms with Gasteiger partial charge in [-0.25, -0.2) is 0 Å². The Bertz CT molecular complexity index is 435. The molecule has 1 aromatic rings. The van der Waals surface area contributed by atoms with Crippen molar-refractivity contribution in [2.75, 3.05) is 18.8 Å². The van der Waals surface area contributed by atoms with Gasteiger partial charge in [-0.05, 0) is 24.6 Å². The van der Waals surface area contributed by atoms with E-state index in [9.17, 15) is 9.59 Å². The topological polar surface area (TPSA) is 84.2 Å². The van der Waals surface area contributed by atoms with Gasteiger partial charge in [-0.3, -0.25) is 9.59 Å². The molecule has 18 heavy (non-hydrogen) atoms. The van der Waals surface area contributed by atoms with E-state index < -0.39 is 0 Å². The van der Waals surface area contributed by atoms with Gasteiger partial charge in [-0.15, -0.1) is 12.4 Å². The zero-order chi connectivity index (χ0) is 12.8. The molecule has 0 aliphatic rings. The van der Waals surface area contributed by atoms with Crippen LogP contribution in [0.25, 0.3) is 0 Å². The normalized spacial score (nSPS) is 9.22. The fourth-order valence-electron chi connectivity index (χ4n) is 1.39. The number of benzene rings is 1. The molecule has 0 atom stereocenters. The average molecular weight is 272 g/mol. The summed E-state index contributed by atoms with van der Waals surface area (Å²) >= 11 is 0. The minimum Gasteiger partial charge on any atom is -0.399 e. The molecule has 0 aromatic heterocycles. The fourth-order valence-corrected chi connectivity index (χ4v) is 1.39. The van der Waals surface area contributed by atoms with Crippen molar-refractivity contribution in [1.82, 2.24) is 10.6 Å². The molecule has 1 rings (SSSR count). The van der Waals surface area contributed by atoms with Crippen LogP contribution in [0.4, 0.5) is 5.69 Å². The van der Waals surface area contributed by atoms with Crippen molar-refractivity contribution in [3.05, 3.63) is 29.3 Å². The van der Waals surface area contributed by atoms with Crippen LogP contribution < -0.4 is 16.4 Å². The van der Waals surface area contributed by atoms with E-state index in [2.05, 4.69) is 10.6 Å². The monoisotopic (exact) mass is 271 g/mol. The molecular formula is C12H18ClN3O2. The molecule has 0 spiro atoms. The number of amides is 2. The molecular weight excluding hydrogens is 254 g/mol. The van der Waals surface area contributed by atoms with Crippen LogP contribution in [0.2, 0.25) is 0 Å². The summed E-state index contributed by atoms with van der Waals surface area (Å²) < 4.78 is 0. The second-order valence-electron chi connectivity index (χ2n) is 3.81. The van der Waals surface area contributed by atoms with Crippen LogP contribution in [0.5, 0.6) is 0 Å². The number of hydrogen-bond donors (Lipinski definition) is 3. The van der Waals surface area contributed by atoms with Gasteiger partial charge >= 0.3 is 0 Å². The Labute approximate surface area is 113 Å². The number of nitrogens with two attached hydrogens (primary N) is 1. The van der Waals surface area contributed by atoms with Gasteiger partial charge in [0.2, 0.25) is 5.91 Å². The number of aryl methyl sites for hydroxylation is 1. The third kappa shape index (κ3) is 5.05. The standard InChI is InChI=1S/C12H17N3O2.ClH/c1-8-3-4-10(13)7-11(8)12(17)15-6-5-14-9(2)16;/h3-4,7H,5-6,13H2,1-2H3,(H,14,16)(H,15,17);1H. The van der Waals surface area contributed by atoms with Crippen molar-refractivity contribution in [1.29, 1.82) is 0 Å². The predicted molar refractivity (Wildman–Crippen MR) is 73.9 cm³/mol. The summed E-state index contributed by atoms with van der Waals surface area (Å²) in [7, 11) is 0. The lowest BCUT2D eigenvalue weighted by Crippen LogP contribution is -2.33. The maximum absolute atomic E-state index is 11.8. The summed E-state index contributed by atoms with van der Waals surface area (Å²) in [4.78, 5) is 22.4. The largest absolute Gasteiger partial charge is 0.399 e. The number of nitrogens with one attached hydrogen (secondary N) is 2. The maximum Gasteiger partial charge on any atom is 0.251 e. The highest BCUT2D eigenvalue weighted by molar-refractivity contribution is 5.96. The first-order valence-corrected chi connectivity index (χ1v) is 5.39. The molecule has 4 N–H and O–H groups in total. The first-order chi connectivity index (χ1) is 8.00. The summed E-state index contributed by atoms with van der Waals surface area (Å²) in [6.07, 6.45) is 0. The van der Waals surface area contributed by atoms with Gasteiger partial charge in [-0.2, -0.15) is 0 Å². The maximum atomic E-state index is 11.8. The molecule has 0 radical (unpaired) electrons. The van der Waals surface area contributed by atoms with Crippen LogP contribution in [-0.4, -0.2) is 24.9 Å². The lowest BCUT2D eigenvalue weighted by molar-refractivity contribution is -0.118.